The van der Waals surface area contributed by atoms with Gasteiger partial charge in [-0.25, -0.2) is 4.39 Å². The van der Waals surface area contributed by atoms with Crippen LogP contribution in [0.4, 0.5) is 4.39 Å². The van der Waals surface area contributed by atoms with Crippen molar-refractivity contribution in [1.82, 2.24) is 5.32 Å². The molecule has 0 spiro atoms. The Bertz CT molecular complexity index is 561. The van der Waals surface area contributed by atoms with Crippen molar-refractivity contribution in [3.05, 3.63) is 57.5 Å². The van der Waals surface area contributed by atoms with Crippen LogP contribution in [0, 0.1) is 5.82 Å². The first-order chi connectivity index (χ1) is 9.78. The molecule has 1 aliphatic rings. The molecule has 1 saturated heterocycles. The SMILES string of the molecule is CCc1ccc(C2CCNCC2c2ccc(F)cc2)s1. The molecular weight excluding hydrogens is 269 g/mol. The lowest BCUT2D eigenvalue weighted by Gasteiger charge is -2.32. The van der Waals surface area contributed by atoms with Crippen LogP contribution in [-0.2, 0) is 6.42 Å². The lowest BCUT2D eigenvalue weighted by Crippen LogP contribution is -2.33. The Balaban J connectivity index is 1.88. The third-order valence-electron chi connectivity index (χ3n) is 4.18. The van der Waals surface area contributed by atoms with E-state index in [1.807, 2.05) is 23.5 Å². The largest absolute Gasteiger partial charge is 0.316 e. The van der Waals surface area contributed by atoms with Gasteiger partial charge < -0.3 is 5.32 Å². The fourth-order valence-electron chi connectivity index (χ4n) is 3.04. The van der Waals surface area contributed by atoms with Gasteiger partial charge in [-0.2, -0.15) is 0 Å². The second-order valence-electron chi connectivity index (χ2n) is 5.41. The Labute approximate surface area is 123 Å². The summed E-state index contributed by atoms with van der Waals surface area (Å²) >= 11 is 1.94. The standard InChI is InChI=1S/C17H20FNS/c1-2-14-7-8-17(20-14)15-9-10-19-11-16(15)12-3-5-13(18)6-4-12/h3-8,15-16,19H,2,9-11H2,1H3. The van der Waals surface area contributed by atoms with E-state index in [0.29, 0.717) is 11.8 Å². The minimum absolute atomic E-state index is 0.154. The van der Waals surface area contributed by atoms with Gasteiger partial charge in [0.15, 0.2) is 0 Å². The number of hydrogen-bond donors (Lipinski definition) is 1. The van der Waals surface area contributed by atoms with E-state index >= 15 is 0 Å². The predicted molar refractivity (Wildman–Crippen MR) is 83.1 cm³/mol. The molecule has 2 heterocycles. The van der Waals surface area contributed by atoms with E-state index in [-0.39, 0.29) is 5.82 Å². The average molecular weight is 289 g/mol. The van der Waals surface area contributed by atoms with Crippen LogP contribution < -0.4 is 5.32 Å². The number of benzene rings is 1. The fraction of sp³-hybridized carbons (Fsp3) is 0.412. The van der Waals surface area contributed by atoms with Crippen LogP contribution in [0.5, 0.6) is 0 Å². The number of piperidine rings is 1. The van der Waals surface area contributed by atoms with Gasteiger partial charge in [-0.15, -0.1) is 11.3 Å². The summed E-state index contributed by atoms with van der Waals surface area (Å²) in [5.41, 5.74) is 1.25. The van der Waals surface area contributed by atoms with Crippen LogP contribution >= 0.6 is 11.3 Å². The average Bonchev–Trinajstić information content (AvgIpc) is 2.97. The van der Waals surface area contributed by atoms with Gasteiger partial charge in [-0.3, -0.25) is 0 Å². The van der Waals surface area contributed by atoms with Crippen molar-refractivity contribution < 1.29 is 4.39 Å². The van der Waals surface area contributed by atoms with Gasteiger partial charge >= 0.3 is 0 Å². The van der Waals surface area contributed by atoms with Gasteiger partial charge in [0.25, 0.3) is 0 Å². The molecule has 1 nitrogen and oxygen atoms in total. The molecule has 2 atom stereocenters. The normalized spacial score (nSPS) is 22.9. The summed E-state index contributed by atoms with van der Waals surface area (Å²) < 4.78 is 13.1. The molecule has 1 fully saturated rings. The van der Waals surface area contributed by atoms with E-state index in [1.165, 1.54) is 15.3 Å². The summed E-state index contributed by atoms with van der Waals surface area (Å²) in [4.78, 5) is 2.94. The topological polar surface area (TPSA) is 12.0 Å². The van der Waals surface area contributed by atoms with Crippen LogP contribution in [0.1, 0.15) is 40.5 Å². The van der Waals surface area contributed by atoms with Gasteiger partial charge in [-0.05, 0) is 49.2 Å². The molecule has 0 radical (unpaired) electrons. The van der Waals surface area contributed by atoms with Crippen LogP contribution in [0.15, 0.2) is 36.4 Å². The highest BCUT2D eigenvalue weighted by Crippen LogP contribution is 2.40. The highest BCUT2D eigenvalue weighted by Gasteiger charge is 2.28. The number of nitrogens with one attached hydrogen (secondary N) is 1. The van der Waals surface area contributed by atoms with Gasteiger partial charge in [0.1, 0.15) is 5.82 Å². The number of halogens is 1. The molecule has 3 rings (SSSR count). The summed E-state index contributed by atoms with van der Waals surface area (Å²) in [6.45, 7) is 4.26. The molecule has 1 N–H and O–H groups in total. The molecule has 1 aromatic heterocycles. The monoisotopic (exact) mass is 289 g/mol. The quantitative estimate of drug-likeness (QED) is 0.888. The molecule has 0 saturated carbocycles. The number of rotatable bonds is 3. The number of hydrogen-bond acceptors (Lipinski definition) is 2. The van der Waals surface area contributed by atoms with E-state index in [1.54, 1.807) is 12.1 Å². The van der Waals surface area contributed by atoms with E-state index < -0.39 is 0 Å². The first kappa shape index (κ1) is 13.8. The van der Waals surface area contributed by atoms with Crippen molar-refractivity contribution in [3.8, 4) is 0 Å². The molecule has 2 aromatic rings. The minimum Gasteiger partial charge on any atom is -0.316 e. The molecule has 1 aromatic carbocycles. The highest BCUT2D eigenvalue weighted by atomic mass is 32.1. The van der Waals surface area contributed by atoms with Crippen molar-refractivity contribution in [3.63, 3.8) is 0 Å². The first-order valence-corrected chi connectivity index (χ1v) is 8.14. The molecule has 3 heteroatoms. The van der Waals surface area contributed by atoms with Crippen LogP contribution in [0.2, 0.25) is 0 Å². The predicted octanol–water partition coefficient (Wildman–Crippen LogP) is 4.31. The van der Waals surface area contributed by atoms with Gasteiger partial charge in [0.2, 0.25) is 0 Å². The van der Waals surface area contributed by atoms with Gasteiger partial charge in [0, 0.05) is 28.1 Å². The van der Waals surface area contributed by atoms with Crippen LogP contribution in [0.25, 0.3) is 0 Å². The fourth-order valence-corrected chi connectivity index (χ4v) is 4.20. The lowest BCUT2D eigenvalue weighted by atomic mass is 9.80. The van der Waals surface area contributed by atoms with Crippen molar-refractivity contribution in [2.45, 2.75) is 31.6 Å². The zero-order valence-corrected chi connectivity index (χ0v) is 12.5. The Morgan fingerprint density at radius 1 is 1.15 bits per heavy atom. The smallest absolute Gasteiger partial charge is 0.123 e. The zero-order chi connectivity index (χ0) is 13.9. The van der Waals surface area contributed by atoms with E-state index in [0.717, 1.165) is 25.9 Å². The maximum Gasteiger partial charge on any atom is 0.123 e. The van der Waals surface area contributed by atoms with E-state index in [9.17, 15) is 4.39 Å². The molecule has 106 valence electrons. The lowest BCUT2D eigenvalue weighted by molar-refractivity contribution is 0.408. The Morgan fingerprint density at radius 3 is 2.65 bits per heavy atom. The summed E-state index contributed by atoms with van der Waals surface area (Å²) in [6.07, 6.45) is 2.27. The molecule has 0 bridgehead atoms. The second-order valence-corrected chi connectivity index (χ2v) is 6.61. The Morgan fingerprint density at radius 2 is 1.95 bits per heavy atom. The third kappa shape index (κ3) is 2.79. The van der Waals surface area contributed by atoms with Gasteiger partial charge in [0.05, 0.1) is 0 Å². The van der Waals surface area contributed by atoms with E-state index in [2.05, 4.69) is 24.4 Å². The molecule has 20 heavy (non-hydrogen) atoms. The summed E-state index contributed by atoms with van der Waals surface area (Å²) in [7, 11) is 0. The van der Waals surface area contributed by atoms with Crippen LogP contribution in [-0.4, -0.2) is 13.1 Å². The summed E-state index contributed by atoms with van der Waals surface area (Å²) in [5, 5.41) is 3.48. The molecular formula is C17H20FNS. The third-order valence-corrected chi connectivity index (χ3v) is 5.54. The zero-order valence-electron chi connectivity index (χ0n) is 11.7. The summed E-state index contributed by atoms with van der Waals surface area (Å²) in [6, 6.07) is 11.6. The molecule has 0 aliphatic carbocycles. The molecule has 0 amide bonds. The van der Waals surface area contributed by atoms with E-state index in [4.69, 9.17) is 0 Å². The summed E-state index contributed by atoms with van der Waals surface area (Å²) in [5.74, 6) is 0.859. The van der Waals surface area contributed by atoms with Crippen molar-refractivity contribution >= 4 is 11.3 Å². The number of thiophene rings is 1. The minimum atomic E-state index is -0.154. The van der Waals surface area contributed by atoms with Crippen molar-refractivity contribution in [2.24, 2.45) is 0 Å². The highest BCUT2D eigenvalue weighted by molar-refractivity contribution is 7.12. The first-order valence-electron chi connectivity index (χ1n) is 7.32. The molecule has 2 unspecified atom stereocenters. The Kier molecular flexibility index (Phi) is 4.18. The maximum absolute atomic E-state index is 13.1. The second kappa shape index (κ2) is 6.06. The van der Waals surface area contributed by atoms with Gasteiger partial charge in [-0.1, -0.05) is 19.1 Å². The van der Waals surface area contributed by atoms with Crippen molar-refractivity contribution in [2.75, 3.05) is 13.1 Å². The van der Waals surface area contributed by atoms with Crippen molar-refractivity contribution in [1.29, 1.82) is 0 Å². The maximum atomic E-state index is 13.1. The Hall–Kier alpha value is -1.19. The number of aryl methyl sites for hydroxylation is 1. The van der Waals surface area contributed by atoms with Crippen LogP contribution in [0.3, 0.4) is 0 Å². The molecule has 1 aliphatic heterocycles.